The van der Waals surface area contributed by atoms with E-state index < -0.39 is 6.04 Å². The summed E-state index contributed by atoms with van der Waals surface area (Å²) in [6.07, 6.45) is 5.25. The van der Waals surface area contributed by atoms with Crippen LogP contribution in [0.1, 0.15) is 31.9 Å². The van der Waals surface area contributed by atoms with Gasteiger partial charge in [0.1, 0.15) is 11.8 Å². The van der Waals surface area contributed by atoms with Crippen molar-refractivity contribution in [3.63, 3.8) is 0 Å². The van der Waals surface area contributed by atoms with Crippen molar-refractivity contribution in [2.24, 2.45) is 5.92 Å². The van der Waals surface area contributed by atoms with Crippen LogP contribution in [0.15, 0.2) is 95.9 Å². The highest BCUT2D eigenvalue weighted by Crippen LogP contribution is 2.27. The summed E-state index contributed by atoms with van der Waals surface area (Å²) in [6.45, 7) is 8.05. The van der Waals surface area contributed by atoms with E-state index in [-0.39, 0.29) is 23.8 Å². The Hall–Kier alpha value is -4.23. The van der Waals surface area contributed by atoms with Gasteiger partial charge in [0.25, 0.3) is 0 Å². The van der Waals surface area contributed by atoms with Crippen LogP contribution >= 0.6 is 0 Å². The maximum absolute atomic E-state index is 13.6. The summed E-state index contributed by atoms with van der Waals surface area (Å²) in [7, 11) is 0. The highest BCUT2D eigenvalue weighted by atomic mass is 16.3. The Morgan fingerprint density at radius 2 is 1.70 bits per heavy atom. The minimum absolute atomic E-state index is 0.00675. The molecule has 2 amide bonds. The van der Waals surface area contributed by atoms with Crippen LogP contribution in [0.25, 0.3) is 22.5 Å². The lowest BCUT2D eigenvalue weighted by Gasteiger charge is -2.45. The summed E-state index contributed by atoms with van der Waals surface area (Å²) in [4.78, 5) is 35.1. The summed E-state index contributed by atoms with van der Waals surface area (Å²) >= 11 is 0. The van der Waals surface area contributed by atoms with E-state index in [4.69, 9.17) is 4.42 Å². The standard InChI is InChI=1S/C33H36N4O3/c1-23(2)33(39)37-24(3)20-36(21-28-7-4-5-8-29(28)26-14-16-34-17-15-26)22-30(37)32(38)35-19-25-10-12-27(13-11-25)31-9-6-18-40-31/h4-18,23-24,30H,19-22H2,1-3H3,(H,35,38). The zero-order valence-electron chi connectivity index (χ0n) is 23.3. The van der Waals surface area contributed by atoms with Crippen LogP contribution in [0, 0.1) is 5.92 Å². The Morgan fingerprint density at radius 3 is 2.40 bits per heavy atom. The molecule has 7 heteroatoms. The summed E-state index contributed by atoms with van der Waals surface area (Å²) in [5, 5.41) is 3.10. The lowest BCUT2D eigenvalue weighted by Crippen LogP contribution is -2.64. The van der Waals surface area contributed by atoms with Gasteiger partial charge in [-0.3, -0.25) is 19.5 Å². The van der Waals surface area contributed by atoms with E-state index in [2.05, 4.69) is 27.3 Å². The second-order valence-corrected chi connectivity index (χ2v) is 10.7. The molecule has 1 N–H and O–H groups in total. The number of rotatable bonds is 8. The summed E-state index contributed by atoms with van der Waals surface area (Å²) < 4.78 is 5.47. The fourth-order valence-corrected chi connectivity index (χ4v) is 5.43. The van der Waals surface area contributed by atoms with Crippen LogP contribution in [0.3, 0.4) is 0 Å². The molecule has 1 saturated heterocycles. The van der Waals surface area contributed by atoms with Crippen molar-refractivity contribution >= 4 is 11.8 Å². The quantitative estimate of drug-likeness (QED) is 0.327. The van der Waals surface area contributed by atoms with Gasteiger partial charge in [0, 0.05) is 56.1 Å². The van der Waals surface area contributed by atoms with E-state index in [1.165, 1.54) is 5.56 Å². The molecule has 1 fully saturated rings. The normalized spacial score (nSPS) is 17.6. The molecule has 2 aromatic heterocycles. The van der Waals surface area contributed by atoms with Gasteiger partial charge < -0.3 is 14.6 Å². The Bertz CT molecular complexity index is 1420. The Morgan fingerprint density at radius 1 is 0.950 bits per heavy atom. The average molecular weight is 537 g/mol. The molecule has 0 spiro atoms. The van der Waals surface area contributed by atoms with E-state index in [1.807, 2.05) is 81.4 Å². The smallest absolute Gasteiger partial charge is 0.244 e. The predicted molar refractivity (Wildman–Crippen MR) is 156 cm³/mol. The highest BCUT2D eigenvalue weighted by Gasteiger charge is 2.40. The lowest BCUT2D eigenvalue weighted by atomic mass is 9.98. The van der Waals surface area contributed by atoms with E-state index in [0.29, 0.717) is 26.2 Å². The first-order chi connectivity index (χ1) is 19.4. The molecule has 1 aliphatic rings. The van der Waals surface area contributed by atoms with Crippen molar-refractivity contribution in [1.29, 1.82) is 0 Å². The number of nitrogens with zero attached hydrogens (tertiary/aromatic N) is 3. The van der Waals surface area contributed by atoms with Gasteiger partial charge in [0.15, 0.2) is 0 Å². The fourth-order valence-electron chi connectivity index (χ4n) is 5.43. The molecule has 4 aromatic rings. The van der Waals surface area contributed by atoms with Crippen LogP contribution < -0.4 is 5.32 Å². The number of nitrogens with one attached hydrogen (secondary N) is 1. The zero-order chi connectivity index (χ0) is 28.1. The van der Waals surface area contributed by atoms with E-state index in [0.717, 1.165) is 28.0 Å². The molecule has 0 aliphatic carbocycles. The first-order valence-corrected chi connectivity index (χ1v) is 13.8. The van der Waals surface area contributed by atoms with E-state index in [9.17, 15) is 9.59 Å². The zero-order valence-corrected chi connectivity index (χ0v) is 23.3. The van der Waals surface area contributed by atoms with Gasteiger partial charge in [-0.25, -0.2) is 0 Å². The van der Waals surface area contributed by atoms with Crippen molar-refractivity contribution < 1.29 is 14.0 Å². The number of pyridine rings is 1. The molecule has 2 unspecified atom stereocenters. The van der Waals surface area contributed by atoms with Crippen molar-refractivity contribution in [2.45, 2.75) is 45.9 Å². The van der Waals surface area contributed by atoms with Crippen molar-refractivity contribution in [1.82, 2.24) is 20.1 Å². The number of piperazine rings is 1. The molecule has 2 atom stereocenters. The third-order valence-corrected chi connectivity index (χ3v) is 7.44. The number of aromatic nitrogens is 1. The topological polar surface area (TPSA) is 78.7 Å². The monoisotopic (exact) mass is 536 g/mol. The largest absolute Gasteiger partial charge is 0.464 e. The number of hydrogen-bond donors (Lipinski definition) is 1. The van der Waals surface area contributed by atoms with Crippen molar-refractivity contribution in [3.8, 4) is 22.5 Å². The summed E-state index contributed by atoms with van der Waals surface area (Å²) in [6, 6.07) is 23.4. The molecule has 5 rings (SSSR count). The minimum atomic E-state index is -0.575. The molecule has 0 bridgehead atoms. The molecule has 1 aliphatic heterocycles. The SMILES string of the molecule is CC(C)C(=O)N1C(C)CN(Cc2ccccc2-c2ccncc2)CC1C(=O)NCc1ccc(-c2ccco2)cc1. The molecule has 0 saturated carbocycles. The molecule has 2 aromatic carbocycles. The number of carbonyl (C=O) groups is 2. The Labute approximate surface area is 235 Å². The fraction of sp³-hybridized carbons (Fsp3) is 0.303. The van der Waals surface area contributed by atoms with Gasteiger partial charge in [-0.05, 0) is 53.4 Å². The average Bonchev–Trinajstić information content (AvgIpc) is 3.51. The number of carbonyl (C=O) groups excluding carboxylic acids is 2. The Balaban J connectivity index is 1.32. The maximum atomic E-state index is 13.6. The van der Waals surface area contributed by atoms with E-state index >= 15 is 0 Å². The maximum Gasteiger partial charge on any atom is 0.244 e. The number of furan rings is 1. The molecule has 206 valence electrons. The molecular formula is C33H36N4O3. The first-order valence-electron chi connectivity index (χ1n) is 13.8. The predicted octanol–water partition coefficient (Wildman–Crippen LogP) is 5.38. The van der Waals surface area contributed by atoms with Crippen molar-refractivity contribution in [3.05, 3.63) is 103 Å². The Kier molecular flexibility index (Phi) is 8.41. The van der Waals surface area contributed by atoms with Crippen molar-refractivity contribution in [2.75, 3.05) is 13.1 Å². The third kappa shape index (κ3) is 6.15. The van der Waals surface area contributed by atoms with Gasteiger partial charge in [-0.2, -0.15) is 0 Å². The van der Waals surface area contributed by atoms with Gasteiger partial charge in [0.05, 0.1) is 6.26 Å². The number of amides is 2. The van der Waals surface area contributed by atoms with Crippen LogP contribution in [0.2, 0.25) is 0 Å². The molecular weight excluding hydrogens is 500 g/mol. The van der Waals surface area contributed by atoms with Crippen LogP contribution in [-0.4, -0.2) is 51.8 Å². The van der Waals surface area contributed by atoms with Gasteiger partial charge in [0.2, 0.25) is 11.8 Å². The lowest BCUT2D eigenvalue weighted by molar-refractivity contribution is -0.150. The van der Waals surface area contributed by atoms with E-state index in [1.54, 1.807) is 23.6 Å². The minimum Gasteiger partial charge on any atom is -0.464 e. The molecule has 3 heterocycles. The van der Waals surface area contributed by atoms with Gasteiger partial charge in [-0.15, -0.1) is 0 Å². The summed E-state index contributed by atoms with van der Waals surface area (Å²) in [5.41, 5.74) is 5.41. The van der Waals surface area contributed by atoms with Crippen LogP contribution in [0.5, 0.6) is 0 Å². The van der Waals surface area contributed by atoms with Gasteiger partial charge >= 0.3 is 0 Å². The molecule has 40 heavy (non-hydrogen) atoms. The second kappa shape index (κ2) is 12.3. The molecule has 7 nitrogen and oxygen atoms in total. The number of hydrogen-bond acceptors (Lipinski definition) is 5. The third-order valence-electron chi connectivity index (χ3n) is 7.44. The molecule has 0 radical (unpaired) electrons. The second-order valence-electron chi connectivity index (χ2n) is 10.7. The highest BCUT2D eigenvalue weighted by molar-refractivity contribution is 5.89. The number of benzene rings is 2. The van der Waals surface area contributed by atoms with Gasteiger partial charge in [-0.1, -0.05) is 62.4 Å². The van der Waals surface area contributed by atoms with Crippen LogP contribution in [-0.2, 0) is 22.7 Å². The summed E-state index contributed by atoms with van der Waals surface area (Å²) in [5.74, 6) is 0.487. The van der Waals surface area contributed by atoms with Crippen LogP contribution in [0.4, 0.5) is 0 Å². The first kappa shape index (κ1) is 27.3.